The molecule has 4 nitrogen and oxygen atoms in total. The highest BCUT2D eigenvalue weighted by atomic mass is 17.4. The number of rotatable bonds is 0. The Kier molecular flexibility index (Phi) is 4.50. The van der Waals surface area contributed by atoms with E-state index in [0.717, 1.165) is 25.7 Å². The third kappa shape index (κ3) is 2.87. The Morgan fingerprint density at radius 3 is 1.08 bits per heavy atom. The highest BCUT2D eigenvalue weighted by molar-refractivity contribution is 5.03. The van der Waals surface area contributed by atoms with Crippen molar-refractivity contribution in [3.05, 3.63) is 0 Å². The Labute approximate surface area is 160 Å². The zero-order chi connectivity index (χ0) is 19.8. The van der Waals surface area contributed by atoms with Gasteiger partial charge in [-0.3, -0.25) is 0 Å². The maximum atomic E-state index is 6.25. The minimum absolute atomic E-state index is 0.112. The van der Waals surface area contributed by atoms with Crippen molar-refractivity contribution in [3.8, 4) is 0 Å². The first kappa shape index (κ1) is 20.6. The van der Waals surface area contributed by atoms with E-state index >= 15 is 0 Å². The first-order chi connectivity index (χ1) is 11.6. The van der Waals surface area contributed by atoms with Crippen molar-refractivity contribution in [3.63, 3.8) is 0 Å². The molecule has 2 saturated carbocycles. The predicted molar refractivity (Wildman–Crippen MR) is 102 cm³/mol. The van der Waals surface area contributed by atoms with Crippen molar-refractivity contribution in [1.29, 1.82) is 0 Å². The summed E-state index contributed by atoms with van der Waals surface area (Å²) in [7, 11) is 0. The number of hydrogen-bond acceptors (Lipinski definition) is 4. The fourth-order valence-corrected chi connectivity index (χ4v) is 5.62. The molecule has 2 spiro atoms. The van der Waals surface area contributed by atoms with Gasteiger partial charge < -0.3 is 0 Å². The van der Waals surface area contributed by atoms with E-state index in [2.05, 4.69) is 69.2 Å². The molecule has 0 N–H and O–H groups in total. The van der Waals surface area contributed by atoms with E-state index in [4.69, 9.17) is 19.6 Å². The first-order valence-electron chi connectivity index (χ1n) is 10.3. The smallest absolute Gasteiger partial charge is 0.194 e. The molecule has 1 heterocycles. The largest absolute Gasteiger partial charge is 0.239 e. The maximum absolute atomic E-state index is 6.25. The van der Waals surface area contributed by atoms with Crippen molar-refractivity contribution in [2.75, 3.05) is 0 Å². The Bertz CT molecular complexity index is 502. The Morgan fingerprint density at radius 2 is 0.808 bits per heavy atom. The summed E-state index contributed by atoms with van der Waals surface area (Å²) in [5.74, 6) is -0.884. The second kappa shape index (κ2) is 5.68. The van der Waals surface area contributed by atoms with Gasteiger partial charge in [-0.2, -0.15) is 19.6 Å². The van der Waals surface area contributed by atoms with Gasteiger partial charge in [0.25, 0.3) is 0 Å². The van der Waals surface area contributed by atoms with Crippen LogP contribution < -0.4 is 0 Å². The Balaban J connectivity index is 1.92. The van der Waals surface area contributed by atoms with Crippen LogP contribution in [0, 0.1) is 33.5 Å². The van der Waals surface area contributed by atoms with Crippen molar-refractivity contribution < 1.29 is 19.6 Å². The van der Waals surface area contributed by atoms with Gasteiger partial charge in [0.15, 0.2) is 0 Å². The summed E-state index contributed by atoms with van der Waals surface area (Å²) in [5, 5.41) is 0. The lowest BCUT2D eigenvalue weighted by molar-refractivity contribution is -0.694. The second-order valence-electron chi connectivity index (χ2n) is 12.2. The summed E-state index contributed by atoms with van der Waals surface area (Å²) in [6.45, 7) is 22.4. The van der Waals surface area contributed by atoms with Crippen molar-refractivity contribution >= 4 is 0 Å². The van der Waals surface area contributed by atoms with Gasteiger partial charge in [0.2, 0.25) is 11.6 Å². The summed E-state index contributed by atoms with van der Waals surface area (Å²) in [6, 6.07) is 0. The van der Waals surface area contributed by atoms with Crippen LogP contribution in [0.2, 0.25) is 0 Å². The molecule has 2 atom stereocenters. The molecule has 152 valence electrons. The van der Waals surface area contributed by atoms with Crippen LogP contribution in [0.1, 0.15) is 94.9 Å². The lowest BCUT2D eigenvalue weighted by atomic mass is 9.57. The molecule has 3 rings (SSSR count). The molecular formula is C22H40O4. The lowest BCUT2D eigenvalue weighted by Gasteiger charge is -2.62. The Hall–Kier alpha value is -0.160. The third-order valence-corrected chi connectivity index (χ3v) is 8.19. The van der Waals surface area contributed by atoms with Crippen molar-refractivity contribution in [1.82, 2.24) is 0 Å². The van der Waals surface area contributed by atoms with Crippen molar-refractivity contribution in [2.45, 2.75) is 106 Å². The van der Waals surface area contributed by atoms with E-state index in [-0.39, 0.29) is 21.7 Å². The minimum atomic E-state index is -0.875. The third-order valence-electron chi connectivity index (χ3n) is 8.19. The lowest BCUT2D eigenvalue weighted by Crippen LogP contribution is -2.68. The predicted octanol–water partition coefficient (Wildman–Crippen LogP) is 6.25. The molecule has 0 aromatic rings. The molecule has 4 heteroatoms. The van der Waals surface area contributed by atoms with Crippen LogP contribution in [-0.4, -0.2) is 11.6 Å². The second-order valence-corrected chi connectivity index (χ2v) is 12.2. The van der Waals surface area contributed by atoms with Gasteiger partial charge >= 0.3 is 0 Å². The molecule has 3 fully saturated rings. The molecule has 0 aromatic heterocycles. The highest BCUT2D eigenvalue weighted by Crippen LogP contribution is 2.63. The summed E-state index contributed by atoms with van der Waals surface area (Å²) < 4.78 is 0. The molecule has 2 unspecified atom stereocenters. The van der Waals surface area contributed by atoms with Gasteiger partial charge in [-0.1, -0.05) is 69.2 Å². The monoisotopic (exact) mass is 368 g/mol. The van der Waals surface area contributed by atoms with Gasteiger partial charge in [0, 0.05) is 23.7 Å². The van der Waals surface area contributed by atoms with E-state index in [9.17, 15) is 0 Å². The summed E-state index contributed by atoms with van der Waals surface area (Å²) >= 11 is 0. The van der Waals surface area contributed by atoms with Crippen molar-refractivity contribution in [2.24, 2.45) is 33.5 Å². The van der Waals surface area contributed by atoms with E-state index in [1.165, 1.54) is 0 Å². The average molecular weight is 369 g/mol. The molecule has 3 aliphatic rings. The topological polar surface area (TPSA) is 36.9 Å². The summed E-state index contributed by atoms with van der Waals surface area (Å²) in [4.78, 5) is 25.0. The van der Waals surface area contributed by atoms with E-state index in [1.54, 1.807) is 0 Å². The van der Waals surface area contributed by atoms with Gasteiger partial charge in [0.1, 0.15) is 0 Å². The molecule has 0 bridgehead atoms. The standard InChI is InChI=1S/C22H40O4/c1-15-11-17(3,4)13-21(19(15,7)8)23-25-22(26-24-21)14-18(5,6)12-16(2)20(22,9)10/h15-16H,11-14H2,1-10H3. The maximum Gasteiger partial charge on any atom is 0.239 e. The molecule has 26 heavy (non-hydrogen) atoms. The van der Waals surface area contributed by atoms with E-state index in [0.29, 0.717) is 11.8 Å². The van der Waals surface area contributed by atoms with Gasteiger partial charge in [0.05, 0.1) is 0 Å². The number of hydrogen-bond donors (Lipinski definition) is 0. The van der Waals surface area contributed by atoms with Crippen LogP contribution in [0.4, 0.5) is 0 Å². The van der Waals surface area contributed by atoms with Crippen LogP contribution in [0.3, 0.4) is 0 Å². The van der Waals surface area contributed by atoms with Crippen LogP contribution in [0.25, 0.3) is 0 Å². The molecule has 1 saturated heterocycles. The van der Waals surface area contributed by atoms with Gasteiger partial charge in [-0.15, -0.1) is 0 Å². The van der Waals surface area contributed by atoms with Crippen LogP contribution in [0.15, 0.2) is 0 Å². The average Bonchev–Trinajstić information content (AvgIpc) is 2.45. The van der Waals surface area contributed by atoms with Gasteiger partial charge in [-0.05, 0) is 35.5 Å². The molecule has 0 radical (unpaired) electrons. The van der Waals surface area contributed by atoms with Crippen LogP contribution in [0.5, 0.6) is 0 Å². The quantitative estimate of drug-likeness (QED) is 0.473. The summed E-state index contributed by atoms with van der Waals surface area (Å²) in [6.07, 6.45) is 3.78. The Morgan fingerprint density at radius 1 is 0.538 bits per heavy atom. The summed E-state index contributed by atoms with van der Waals surface area (Å²) in [5.41, 5.74) is -0.185. The normalized spacial score (nSPS) is 46.4. The van der Waals surface area contributed by atoms with E-state index in [1.807, 2.05) is 0 Å². The van der Waals surface area contributed by atoms with Crippen LogP contribution >= 0.6 is 0 Å². The van der Waals surface area contributed by atoms with Gasteiger partial charge in [-0.25, -0.2) is 0 Å². The fourth-order valence-electron chi connectivity index (χ4n) is 5.62. The van der Waals surface area contributed by atoms with Crippen LogP contribution in [-0.2, 0) is 19.6 Å². The zero-order valence-corrected chi connectivity index (χ0v) is 18.6. The molecule has 0 aromatic carbocycles. The molecular weight excluding hydrogens is 328 g/mol. The SMILES string of the molecule is CC1CC(C)(C)CC2(OOC3(CC(C)(C)CC(C)C3(C)C)OO2)C1(C)C. The minimum Gasteiger partial charge on any atom is -0.194 e. The molecule has 0 amide bonds. The zero-order valence-electron chi connectivity index (χ0n) is 18.6. The fraction of sp³-hybridized carbons (Fsp3) is 1.00. The first-order valence-corrected chi connectivity index (χ1v) is 10.3. The van der Waals surface area contributed by atoms with E-state index < -0.39 is 11.6 Å². The highest BCUT2D eigenvalue weighted by Gasteiger charge is 2.68. The molecule has 1 aliphatic heterocycles. The molecule has 2 aliphatic carbocycles.